The number of fused-ring (bicyclic) bond motifs is 1. The van der Waals surface area contributed by atoms with Crippen molar-refractivity contribution in [3.05, 3.63) is 47.2 Å². The Balaban J connectivity index is 1.49. The summed E-state index contributed by atoms with van der Waals surface area (Å²) in [5.74, 6) is 0.0721. The minimum absolute atomic E-state index is 0.0867. The molecule has 3 amide bonds. The minimum Gasteiger partial charge on any atom is -0.311 e. The smallest absolute Gasteiger partial charge is 0.229 e. The average Bonchev–Trinajstić information content (AvgIpc) is 3.22. The van der Waals surface area contributed by atoms with Crippen LogP contribution >= 0.6 is 0 Å². The Morgan fingerprint density at radius 1 is 1.18 bits per heavy atom. The van der Waals surface area contributed by atoms with Gasteiger partial charge in [0.15, 0.2) is 0 Å². The number of likely N-dealkylation sites (tertiary alicyclic amines) is 1. The molecule has 4 rings (SSSR count). The third-order valence-electron chi connectivity index (χ3n) is 5.59. The number of aromatic nitrogens is 2. The molecule has 7 nitrogen and oxygen atoms in total. The van der Waals surface area contributed by atoms with Crippen LogP contribution in [0.2, 0.25) is 0 Å². The molecule has 0 radical (unpaired) electrons. The Bertz CT molecular complexity index is 917. The molecule has 2 aliphatic rings. The summed E-state index contributed by atoms with van der Waals surface area (Å²) in [5.41, 5.74) is 3.47. The molecule has 28 heavy (non-hydrogen) atoms. The SMILES string of the molecule is Cc1cnn(C2CCCc3ccccc32)c1NC(=O)CCN1C(=O)CCC1=O. The molecule has 7 heteroatoms. The van der Waals surface area contributed by atoms with E-state index in [9.17, 15) is 14.4 Å². The van der Waals surface area contributed by atoms with Gasteiger partial charge in [-0.2, -0.15) is 5.10 Å². The van der Waals surface area contributed by atoms with Crippen LogP contribution in [0.1, 0.15) is 54.8 Å². The van der Waals surface area contributed by atoms with Crippen LogP contribution in [0.3, 0.4) is 0 Å². The van der Waals surface area contributed by atoms with Gasteiger partial charge in [0.05, 0.1) is 12.2 Å². The van der Waals surface area contributed by atoms with Crippen LogP contribution in [0.4, 0.5) is 5.82 Å². The van der Waals surface area contributed by atoms with Crippen LogP contribution in [0.25, 0.3) is 0 Å². The second kappa shape index (κ2) is 7.58. The molecular formula is C21H24N4O3. The first-order chi connectivity index (χ1) is 13.5. The lowest BCUT2D eigenvalue weighted by atomic mass is 9.88. The van der Waals surface area contributed by atoms with Crippen LogP contribution in [-0.2, 0) is 20.8 Å². The summed E-state index contributed by atoms with van der Waals surface area (Å²) in [6.07, 6.45) is 5.45. The number of hydrogen-bond acceptors (Lipinski definition) is 4. The topological polar surface area (TPSA) is 84.3 Å². The molecule has 1 aliphatic carbocycles. The Kier molecular flexibility index (Phi) is 4.98. The second-order valence-corrected chi connectivity index (χ2v) is 7.46. The molecule has 1 aliphatic heterocycles. The number of carbonyl (C=O) groups is 3. The van der Waals surface area contributed by atoms with Crippen LogP contribution in [0.15, 0.2) is 30.5 Å². The lowest BCUT2D eigenvalue weighted by molar-refractivity contribution is -0.138. The van der Waals surface area contributed by atoms with Gasteiger partial charge in [-0.1, -0.05) is 24.3 Å². The van der Waals surface area contributed by atoms with Crippen molar-refractivity contribution < 1.29 is 14.4 Å². The first-order valence-corrected chi connectivity index (χ1v) is 9.79. The fourth-order valence-corrected chi connectivity index (χ4v) is 4.10. The summed E-state index contributed by atoms with van der Waals surface area (Å²) in [7, 11) is 0. The monoisotopic (exact) mass is 380 g/mol. The zero-order valence-electron chi connectivity index (χ0n) is 16.0. The van der Waals surface area contributed by atoms with E-state index in [2.05, 4.69) is 28.6 Å². The van der Waals surface area contributed by atoms with Crippen LogP contribution in [-0.4, -0.2) is 38.9 Å². The van der Waals surface area contributed by atoms with E-state index in [0.29, 0.717) is 5.82 Å². The maximum Gasteiger partial charge on any atom is 0.229 e. The average molecular weight is 380 g/mol. The van der Waals surface area contributed by atoms with Crippen molar-refractivity contribution in [3.8, 4) is 0 Å². The molecular weight excluding hydrogens is 356 g/mol. The maximum atomic E-state index is 12.5. The Morgan fingerprint density at radius 3 is 2.71 bits per heavy atom. The fourth-order valence-electron chi connectivity index (χ4n) is 4.10. The van der Waals surface area contributed by atoms with Gasteiger partial charge in [0, 0.05) is 31.4 Å². The molecule has 1 N–H and O–H groups in total. The molecule has 2 heterocycles. The van der Waals surface area contributed by atoms with Crippen molar-refractivity contribution in [3.63, 3.8) is 0 Å². The summed E-state index contributed by atoms with van der Waals surface area (Å²) in [6.45, 7) is 2.05. The van der Waals surface area contributed by atoms with Crippen molar-refractivity contribution in [1.82, 2.24) is 14.7 Å². The number of rotatable bonds is 5. The van der Waals surface area contributed by atoms with Gasteiger partial charge < -0.3 is 5.32 Å². The van der Waals surface area contributed by atoms with E-state index >= 15 is 0 Å². The van der Waals surface area contributed by atoms with E-state index in [1.54, 1.807) is 6.20 Å². The predicted octanol–water partition coefficient (Wildman–Crippen LogP) is 2.59. The largest absolute Gasteiger partial charge is 0.311 e. The third-order valence-corrected chi connectivity index (χ3v) is 5.59. The molecule has 1 fully saturated rings. The van der Waals surface area contributed by atoms with Gasteiger partial charge in [-0.15, -0.1) is 0 Å². The first-order valence-electron chi connectivity index (χ1n) is 9.79. The number of amides is 3. The van der Waals surface area contributed by atoms with Gasteiger partial charge in [-0.25, -0.2) is 4.68 Å². The van der Waals surface area contributed by atoms with Gasteiger partial charge in [0.2, 0.25) is 17.7 Å². The summed E-state index contributed by atoms with van der Waals surface area (Å²) in [4.78, 5) is 37.1. The van der Waals surface area contributed by atoms with Crippen molar-refractivity contribution in [1.29, 1.82) is 0 Å². The van der Waals surface area contributed by atoms with Crippen LogP contribution in [0, 0.1) is 6.92 Å². The zero-order chi connectivity index (χ0) is 19.7. The van der Waals surface area contributed by atoms with E-state index in [0.717, 1.165) is 24.8 Å². The lowest BCUT2D eigenvalue weighted by Crippen LogP contribution is -2.32. The molecule has 0 bridgehead atoms. The van der Waals surface area contributed by atoms with Gasteiger partial charge in [0.25, 0.3) is 0 Å². The fraction of sp³-hybridized carbons (Fsp3) is 0.429. The highest BCUT2D eigenvalue weighted by Crippen LogP contribution is 2.35. The highest BCUT2D eigenvalue weighted by molar-refractivity contribution is 6.02. The van der Waals surface area contributed by atoms with Crippen molar-refractivity contribution in [2.24, 2.45) is 0 Å². The number of nitrogens with one attached hydrogen (secondary N) is 1. The van der Waals surface area contributed by atoms with E-state index < -0.39 is 0 Å². The molecule has 0 spiro atoms. The van der Waals surface area contributed by atoms with Gasteiger partial charge in [0.1, 0.15) is 5.82 Å². The summed E-state index contributed by atoms with van der Waals surface area (Å²) in [6, 6.07) is 8.47. The zero-order valence-corrected chi connectivity index (χ0v) is 16.0. The number of aryl methyl sites for hydroxylation is 2. The predicted molar refractivity (Wildman–Crippen MR) is 104 cm³/mol. The number of anilines is 1. The molecule has 2 aromatic rings. The lowest BCUT2D eigenvalue weighted by Gasteiger charge is -2.27. The molecule has 0 saturated carbocycles. The van der Waals surface area contributed by atoms with Crippen molar-refractivity contribution in [2.45, 2.75) is 51.5 Å². The number of nitrogens with zero attached hydrogens (tertiary/aromatic N) is 3. The van der Waals surface area contributed by atoms with E-state index in [1.165, 1.54) is 16.0 Å². The molecule has 146 valence electrons. The Hall–Kier alpha value is -2.96. The van der Waals surface area contributed by atoms with Gasteiger partial charge in [-0.05, 0) is 37.3 Å². The van der Waals surface area contributed by atoms with Crippen LogP contribution in [0.5, 0.6) is 0 Å². The normalized spacial score (nSPS) is 19.0. The Morgan fingerprint density at radius 2 is 1.93 bits per heavy atom. The van der Waals surface area contributed by atoms with E-state index in [1.807, 2.05) is 17.7 Å². The molecule has 1 unspecified atom stereocenters. The third kappa shape index (κ3) is 3.44. The number of imide groups is 1. The highest BCUT2D eigenvalue weighted by atomic mass is 16.2. The van der Waals surface area contributed by atoms with Crippen molar-refractivity contribution >= 4 is 23.5 Å². The Labute approximate surface area is 163 Å². The highest BCUT2D eigenvalue weighted by Gasteiger charge is 2.29. The van der Waals surface area contributed by atoms with Crippen LogP contribution < -0.4 is 5.32 Å². The van der Waals surface area contributed by atoms with E-state index in [-0.39, 0.29) is 49.6 Å². The number of benzene rings is 1. The maximum absolute atomic E-state index is 12.5. The quantitative estimate of drug-likeness (QED) is 0.808. The summed E-state index contributed by atoms with van der Waals surface area (Å²) < 4.78 is 1.90. The second-order valence-electron chi connectivity index (χ2n) is 7.46. The van der Waals surface area contributed by atoms with Crippen molar-refractivity contribution in [2.75, 3.05) is 11.9 Å². The molecule has 1 atom stereocenters. The summed E-state index contributed by atoms with van der Waals surface area (Å²) in [5, 5.41) is 7.49. The summed E-state index contributed by atoms with van der Waals surface area (Å²) >= 11 is 0. The molecule has 1 aromatic carbocycles. The molecule has 1 saturated heterocycles. The minimum atomic E-state index is -0.221. The van der Waals surface area contributed by atoms with Gasteiger partial charge in [-0.3, -0.25) is 19.3 Å². The molecule has 1 aromatic heterocycles. The number of hydrogen-bond donors (Lipinski definition) is 1. The standard InChI is InChI=1S/C21H24N4O3/c1-14-13-22-25(17-8-4-6-15-5-2-3-7-16(15)17)21(14)23-18(26)11-12-24-19(27)9-10-20(24)28/h2-3,5,7,13,17H,4,6,8-12H2,1H3,(H,23,26). The first kappa shape index (κ1) is 18.4. The van der Waals surface area contributed by atoms with Gasteiger partial charge >= 0.3 is 0 Å². The number of carbonyl (C=O) groups excluding carboxylic acids is 3. The van der Waals surface area contributed by atoms with E-state index in [4.69, 9.17) is 0 Å².